The number of carbonyl (C=O) groups is 3. The molecule has 2 atom stereocenters. The number of alkyl carbamates (subject to hydrolysis) is 1. The Balaban J connectivity index is 2.74. The van der Waals surface area contributed by atoms with E-state index in [9.17, 15) is 14.4 Å². The van der Waals surface area contributed by atoms with E-state index in [1.54, 1.807) is 33.8 Å². The molecule has 6 heteroatoms. The van der Waals surface area contributed by atoms with E-state index in [1.165, 1.54) is 0 Å². The summed E-state index contributed by atoms with van der Waals surface area (Å²) in [5.74, 6) is 1.85. The van der Waals surface area contributed by atoms with Crippen molar-refractivity contribution in [1.29, 1.82) is 0 Å². The van der Waals surface area contributed by atoms with Crippen LogP contribution in [0.2, 0.25) is 0 Å². The fourth-order valence-electron chi connectivity index (χ4n) is 2.71. The predicted octanol–water partition coefficient (Wildman–Crippen LogP) is 3.14. The van der Waals surface area contributed by atoms with Gasteiger partial charge in [-0.2, -0.15) is 0 Å². The first kappa shape index (κ1) is 24.2. The number of aryl methyl sites for hydroxylation is 1. The van der Waals surface area contributed by atoms with Crippen molar-refractivity contribution in [2.45, 2.75) is 72.6 Å². The van der Waals surface area contributed by atoms with Gasteiger partial charge in [-0.1, -0.05) is 31.9 Å². The second-order valence-corrected chi connectivity index (χ2v) is 8.53. The molecule has 2 N–H and O–H groups in total. The third-order valence-electron chi connectivity index (χ3n) is 4.29. The maximum absolute atomic E-state index is 12.6. The van der Waals surface area contributed by atoms with E-state index in [0.29, 0.717) is 0 Å². The van der Waals surface area contributed by atoms with Crippen LogP contribution in [-0.2, 0) is 20.7 Å². The molecule has 0 aromatic heterocycles. The highest BCUT2D eigenvalue weighted by Gasteiger charge is 2.28. The molecule has 0 saturated heterocycles. The Bertz CT molecular complexity index is 800. The van der Waals surface area contributed by atoms with E-state index in [2.05, 4.69) is 16.6 Å². The van der Waals surface area contributed by atoms with Crippen LogP contribution in [0.25, 0.3) is 0 Å². The van der Waals surface area contributed by atoms with Crippen LogP contribution in [0.15, 0.2) is 18.2 Å². The van der Waals surface area contributed by atoms with Gasteiger partial charge in [0.15, 0.2) is 5.78 Å². The highest BCUT2D eigenvalue weighted by Crippen LogP contribution is 2.12. The number of ether oxygens (including phenoxy) is 1. The molecule has 29 heavy (non-hydrogen) atoms. The Hall–Kier alpha value is -2.81. The van der Waals surface area contributed by atoms with Crippen molar-refractivity contribution in [1.82, 2.24) is 10.6 Å². The van der Waals surface area contributed by atoms with Gasteiger partial charge in [0.25, 0.3) is 0 Å². The minimum Gasteiger partial charge on any atom is -0.444 e. The number of carbonyl (C=O) groups excluding carboxylic acids is 3. The van der Waals surface area contributed by atoms with E-state index in [-0.39, 0.29) is 18.1 Å². The fraction of sp³-hybridized carbons (Fsp3) is 0.522. The average Bonchev–Trinajstić information content (AvgIpc) is 2.57. The largest absolute Gasteiger partial charge is 0.444 e. The summed E-state index contributed by atoms with van der Waals surface area (Å²) in [5, 5.41) is 5.28. The van der Waals surface area contributed by atoms with Crippen molar-refractivity contribution in [3.8, 4) is 12.3 Å². The van der Waals surface area contributed by atoms with Crippen molar-refractivity contribution in [3.63, 3.8) is 0 Å². The topological polar surface area (TPSA) is 84.5 Å². The van der Waals surface area contributed by atoms with Crippen molar-refractivity contribution in [2.75, 3.05) is 0 Å². The van der Waals surface area contributed by atoms with Gasteiger partial charge in [0, 0.05) is 12.0 Å². The molecule has 0 unspecified atom stereocenters. The summed E-state index contributed by atoms with van der Waals surface area (Å²) < 4.78 is 5.22. The molecule has 0 spiro atoms. The Labute approximate surface area is 173 Å². The quantitative estimate of drug-likeness (QED) is 0.689. The molecule has 2 amide bonds. The second kappa shape index (κ2) is 10.1. The normalized spacial score (nSPS) is 13.2. The summed E-state index contributed by atoms with van der Waals surface area (Å²) in [6.45, 7) is 12.4. The van der Waals surface area contributed by atoms with Crippen molar-refractivity contribution in [2.24, 2.45) is 5.92 Å². The Morgan fingerprint density at radius 1 is 1.14 bits per heavy atom. The van der Waals surface area contributed by atoms with Gasteiger partial charge < -0.3 is 15.4 Å². The zero-order valence-electron chi connectivity index (χ0n) is 18.4. The van der Waals surface area contributed by atoms with Crippen LogP contribution < -0.4 is 10.6 Å². The lowest BCUT2D eigenvalue weighted by Gasteiger charge is -2.26. The minimum absolute atomic E-state index is 0.133. The highest BCUT2D eigenvalue weighted by molar-refractivity contribution is 5.92. The lowest BCUT2D eigenvalue weighted by molar-refractivity contribution is -0.129. The molecule has 0 aliphatic carbocycles. The third-order valence-corrected chi connectivity index (χ3v) is 4.29. The Morgan fingerprint density at radius 3 is 2.24 bits per heavy atom. The first-order valence-electron chi connectivity index (χ1n) is 9.72. The SMILES string of the molecule is C#Cc1ccc(CC(=O)[C@H](C)NC(=O)[C@@H](NC(=O)OC(C)(C)C)C(C)C)cc1C. The van der Waals surface area contributed by atoms with E-state index in [0.717, 1.165) is 16.7 Å². The molecule has 0 aliphatic heterocycles. The van der Waals surface area contributed by atoms with Gasteiger partial charge in [-0.25, -0.2) is 4.79 Å². The Kier molecular flexibility index (Phi) is 8.44. The van der Waals surface area contributed by atoms with Gasteiger partial charge in [-0.3, -0.25) is 9.59 Å². The molecule has 1 rings (SSSR count). The molecular weight excluding hydrogens is 368 g/mol. The van der Waals surface area contributed by atoms with Crippen LogP contribution in [-0.4, -0.2) is 35.5 Å². The molecule has 6 nitrogen and oxygen atoms in total. The zero-order valence-corrected chi connectivity index (χ0v) is 18.4. The van der Waals surface area contributed by atoms with E-state index >= 15 is 0 Å². The smallest absolute Gasteiger partial charge is 0.408 e. The van der Waals surface area contributed by atoms with Gasteiger partial charge in [0.2, 0.25) is 5.91 Å². The lowest BCUT2D eigenvalue weighted by Crippen LogP contribution is -2.53. The number of ketones is 1. The van der Waals surface area contributed by atoms with Crippen molar-refractivity contribution in [3.05, 3.63) is 34.9 Å². The zero-order chi connectivity index (χ0) is 22.4. The average molecular weight is 401 g/mol. The number of amides is 2. The lowest BCUT2D eigenvalue weighted by atomic mass is 9.99. The van der Waals surface area contributed by atoms with E-state index in [1.807, 2.05) is 32.9 Å². The molecule has 0 radical (unpaired) electrons. The molecule has 0 heterocycles. The highest BCUT2D eigenvalue weighted by atomic mass is 16.6. The van der Waals surface area contributed by atoms with E-state index < -0.39 is 29.7 Å². The minimum atomic E-state index is -0.808. The van der Waals surface area contributed by atoms with E-state index in [4.69, 9.17) is 11.2 Å². The third kappa shape index (κ3) is 7.98. The van der Waals surface area contributed by atoms with Crippen LogP contribution in [0.3, 0.4) is 0 Å². The second-order valence-electron chi connectivity index (χ2n) is 8.53. The number of nitrogens with one attached hydrogen (secondary N) is 2. The summed E-state index contributed by atoms with van der Waals surface area (Å²) >= 11 is 0. The van der Waals surface area contributed by atoms with Crippen molar-refractivity contribution >= 4 is 17.8 Å². The van der Waals surface area contributed by atoms with Crippen LogP contribution in [0, 0.1) is 25.2 Å². The number of rotatable bonds is 7. The molecular formula is C23H32N2O4. The fourth-order valence-corrected chi connectivity index (χ4v) is 2.71. The standard InChI is InChI=1S/C23H32N2O4/c1-9-18-11-10-17(12-15(18)4)13-19(26)16(5)24-21(27)20(14(2)3)25-22(28)29-23(6,7)8/h1,10-12,14,16,20H,13H2,2-8H3,(H,24,27)(H,25,28)/t16-,20-/m0/s1. The van der Waals surface area contributed by atoms with Crippen LogP contribution in [0.5, 0.6) is 0 Å². The monoisotopic (exact) mass is 400 g/mol. The first-order chi connectivity index (χ1) is 13.3. The van der Waals surface area contributed by atoms with Crippen LogP contribution >= 0.6 is 0 Å². The number of terminal acetylenes is 1. The summed E-state index contributed by atoms with van der Waals surface area (Å²) in [4.78, 5) is 37.2. The van der Waals surface area contributed by atoms with Gasteiger partial charge in [-0.05, 0) is 57.7 Å². The van der Waals surface area contributed by atoms with Gasteiger partial charge in [-0.15, -0.1) is 6.42 Å². The molecule has 0 fully saturated rings. The molecule has 0 bridgehead atoms. The summed E-state index contributed by atoms with van der Waals surface area (Å²) in [7, 11) is 0. The molecule has 158 valence electrons. The number of hydrogen-bond donors (Lipinski definition) is 2. The number of Topliss-reactive ketones (excluding diaryl/α,β-unsaturated/α-hetero) is 1. The molecule has 0 saturated carbocycles. The van der Waals surface area contributed by atoms with Gasteiger partial charge in [0.1, 0.15) is 11.6 Å². The van der Waals surface area contributed by atoms with Gasteiger partial charge >= 0.3 is 6.09 Å². The molecule has 0 aliphatic rings. The first-order valence-corrected chi connectivity index (χ1v) is 9.72. The molecule has 1 aromatic carbocycles. The molecule has 1 aromatic rings. The predicted molar refractivity (Wildman–Crippen MR) is 113 cm³/mol. The number of hydrogen-bond acceptors (Lipinski definition) is 4. The van der Waals surface area contributed by atoms with Crippen molar-refractivity contribution < 1.29 is 19.1 Å². The van der Waals surface area contributed by atoms with Crippen LogP contribution in [0.1, 0.15) is 58.2 Å². The van der Waals surface area contributed by atoms with Gasteiger partial charge in [0.05, 0.1) is 6.04 Å². The number of benzene rings is 1. The maximum Gasteiger partial charge on any atom is 0.408 e. The summed E-state index contributed by atoms with van der Waals surface area (Å²) in [6, 6.07) is 3.99. The Morgan fingerprint density at radius 2 is 1.76 bits per heavy atom. The summed E-state index contributed by atoms with van der Waals surface area (Å²) in [5.41, 5.74) is 1.88. The maximum atomic E-state index is 12.6. The van der Waals surface area contributed by atoms with Crippen LogP contribution in [0.4, 0.5) is 4.79 Å². The summed E-state index contributed by atoms with van der Waals surface area (Å²) in [6.07, 6.45) is 4.93.